The molecule has 4 nitrogen and oxygen atoms in total. The van der Waals surface area contributed by atoms with Crippen molar-refractivity contribution in [3.63, 3.8) is 0 Å². The lowest BCUT2D eigenvalue weighted by atomic mass is 10.3. The van der Waals surface area contributed by atoms with Crippen LogP contribution in [0.25, 0.3) is 0 Å². The molecule has 0 aliphatic heterocycles. The van der Waals surface area contributed by atoms with Crippen molar-refractivity contribution in [3.8, 4) is 0 Å². The molecule has 0 aliphatic carbocycles. The molecule has 8 heteroatoms. The van der Waals surface area contributed by atoms with E-state index in [1.165, 1.54) is 22.8 Å². The molecule has 2 heterocycles. The van der Waals surface area contributed by atoms with Crippen molar-refractivity contribution in [1.29, 1.82) is 0 Å². The van der Waals surface area contributed by atoms with Gasteiger partial charge in [-0.05, 0) is 40.5 Å². The Hall–Kier alpha value is -0.250. The quantitative estimate of drug-likeness (QED) is 0.807. The minimum Gasteiger partial charge on any atom is -0.391 e. The van der Waals surface area contributed by atoms with Crippen LogP contribution in [0.1, 0.15) is 9.75 Å². The van der Waals surface area contributed by atoms with E-state index in [1.807, 2.05) is 12.1 Å². The molecule has 0 fully saturated rings. The van der Waals surface area contributed by atoms with Gasteiger partial charge >= 0.3 is 0 Å². The fourth-order valence-corrected chi connectivity index (χ4v) is 5.11. The zero-order valence-electron chi connectivity index (χ0n) is 9.80. The van der Waals surface area contributed by atoms with E-state index in [4.69, 9.17) is 5.11 Å². The second-order valence-electron chi connectivity index (χ2n) is 3.76. The zero-order chi connectivity index (χ0) is 13.9. The number of sulfonamides is 1. The van der Waals surface area contributed by atoms with Gasteiger partial charge in [0.2, 0.25) is 10.0 Å². The standard InChI is InChI=1S/C11H12BrNO3S3/c12-11-2-1-8(18-11)3-4-13-19(15,16)10-5-9(6-14)17-7-10/h1-2,5,7,13-14H,3-4,6H2. The third kappa shape index (κ3) is 4.11. The normalized spacial score (nSPS) is 11.9. The van der Waals surface area contributed by atoms with Crippen molar-refractivity contribution in [2.24, 2.45) is 0 Å². The van der Waals surface area contributed by atoms with Crippen LogP contribution in [0.4, 0.5) is 0 Å². The summed E-state index contributed by atoms with van der Waals surface area (Å²) >= 11 is 6.20. The molecule has 104 valence electrons. The number of rotatable bonds is 6. The van der Waals surface area contributed by atoms with E-state index >= 15 is 0 Å². The minimum atomic E-state index is -3.47. The number of thiophene rings is 2. The summed E-state index contributed by atoms with van der Waals surface area (Å²) in [4.78, 5) is 1.98. The summed E-state index contributed by atoms with van der Waals surface area (Å²) in [6.07, 6.45) is 0.659. The number of halogens is 1. The lowest BCUT2D eigenvalue weighted by molar-refractivity contribution is 0.285. The predicted octanol–water partition coefficient (Wildman–Crippen LogP) is 2.59. The highest BCUT2D eigenvalue weighted by Crippen LogP contribution is 2.22. The third-order valence-corrected chi connectivity index (χ3v) is 6.58. The molecule has 0 aromatic carbocycles. The first-order valence-corrected chi connectivity index (χ1v) is 9.40. The van der Waals surface area contributed by atoms with Gasteiger partial charge in [0.05, 0.1) is 15.3 Å². The van der Waals surface area contributed by atoms with Gasteiger partial charge in [0, 0.05) is 21.7 Å². The summed E-state index contributed by atoms with van der Waals surface area (Å²) in [5.74, 6) is 0. The van der Waals surface area contributed by atoms with Gasteiger partial charge in [-0.1, -0.05) is 0 Å². The SMILES string of the molecule is O=S(=O)(NCCc1ccc(Br)s1)c1csc(CO)c1. The highest BCUT2D eigenvalue weighted by atomic mass is 79.9. The van der Waals surface area contributed by atoms with Crippen molar-refractivity contribution >= 4 is 48.6 Å². The van der Waals surface area contributed by atoms with Crippen molar-refractivity contribution in [3.05, 3.63) is 37.1 Å². The maximum Gasteiger partial charge on any atom is 0.241 e. The van der Waals surface area contributed by atoms with E-state index < -0.39 is 10.0 Å². The molecule has 0 unspecified atom stereocenters. The molecule has 2 rings (SSSR count). The molecular weight excluding hydrogens is 370 g/mol. The van der Waals surface area contributed by atoms with E-state index in [0.29, 0.717) is 17.8 Å². The maximum atomic E-state index is 12.0. The Morgan fingerprint density at radius 3 is 2.68 bits per heavy atom. The van der Waals surface area contributed by atoms with Crippen LogP contribution in [0.15, 0.2) is 32.3 Å². The van der Waals surface area contributed by atoms with Gasteiger partial charge in [0.25, 0.3) is 0 Å². The number of nitrogens with one attached hydrogen (secondary N) is 1. The van der Waals surface area contributed by atoms with Crippen molar-refractivity contribution in [1.82, 2.24) is 4.72 Å². The molecule has 2 aromatic heterocycles. The summed E-state index contributed by atoms with van der Waals surface area (Å²) in [6, 6.07) is 5.41. The monoisotopic (exact) mass is 381 g/mol. The average Bonchev–Trinajstić information content (AvgIpc) is 2.98. The van der Waals surface area contributed by atoms with E-state index in [-0.39, 0.29) is 11.5 Å². The van der Waals surface area contributed by atoms with E-state index in [1.54, 1.807) is 11.3 Å². The van der Waals surface area contributed by atoms with Gasteiger partial charge in [-0.2, -0.15) is 0 Å². The third-order valence-electron chi connectivity index (χ3n) is 2.39. The van der Waals surface area contributed by atoms with Crippen molar-refractivity contribution < 1.29 is 13.5 Å². The van der Waals surface area contributed by atoms with Gasteiger partial charge in [0.1, 0.15) is 0 Å². The number of aliphatic hydroxyl groups is 1. The molecule has 0 radical (unpaired) electrons. The lowest BCUT2D eigenvalue weighted by Gasteiger charge is -2.03. The van der Waals surface area contributed by atoms with Crippen molar-refractivity contribution in [2.75, 3.05) is 6.54 Å². The van der Waals surface area contributed by atoms with Crippen LogP contribution in [-0.4, -0.2) is 20.1 Å². The van der Waals surface area contributed by atoms with Crippen LogP contribution in [-0.2, 0) is 23.1 Å². The van der Waals surface area contributed by atoms with Crippen LogP contribution >= 0.6 is 38.6 Å². The Balaban J connectivity index is 1.94. The topological polar surface area (TPSA) is 66.4 Å². The van der Waals surface area contributed by atoms with Crippen LogP contribution in [0.3, 0.4) is 0 Å². The molecule has 19 heavy (non-hydrogen) atoms. The molecule has 0 amide bonds. The summed E-state index contributed by atoms with van der Waals surface area (Å²) in [5, 5.41) is 10.5. The Morgan fingerprint density at radius 2 is 2.11 bits per heavy atom. The first-order chi connectivity index (χ1) is 9.01. The second-order valence-corrected chi connectivity index (χ2v) is 9.07. The summed E-state index contributed by atoms with van der Waals surface area (Å²) in [5.41, 5.74) is 0. The summed E-state index contributed by atoms with van der Waals surface area (Å²) in [6.45, 7) is 0.225. The molecule has 0 aliphatic rings. The first-order valence-electron chi connectivity index (χ1n) is 5.43. The Kier molecular flexibility index (Phi) is 5.15. The Labute approximate surface area is 128 Å². The molecule has 2 N–H and O–H groups in total. The van der Waals surface area contributed by atoms with Gasteiger partial charge in [0.15, 0.2) is 0 Å². The van der Waals surface area contributed by atoms with Gasteiger partial charge < -0.3 is 5.11 Å². The van der Waals surface area contributed by atoms with E-state index in [2.05, 4.69) is 20.7 Å². The smallest absolute Gasteiger partial charge is 0.241 e. The lowest BCUT2D eigenvalue weighted by Crippen LogP contribution is -2.25. The fourth-order valence-electron chi connectivity index (χ4n) is 1.46. The van der Waals surface area contributed by atoms with Gasteiger partial charge in [-0.15, -0.1) is 22.7 Å². The maximum absolute atomic E-state index is 12.0. The van der Waals surface area contributed by atoms with Crippen LogP contribution in [0, 0.1) is 0 Å². The molecular formula is C11H12BrNO3S3. The van der Waals surface area contributed by atoms with Gasteiger partial charge in [-0.25, -0.2) is 13.1 Å². The van der Waals surface area contributed by atoms with Crippen LogP contribution in [0.5, 0.6) is 0 Å². The molecule has 0 saturated heterocycles. The largest absolute Gasteiger partial charge is 0.391 e. The van der Waals surface area contributed by atoms with E-state index in [0.717, 1.165) is 8.66 Å². The molecule has 0 saturated carbocycles. The first kappa shape index (κ1) is 15.1. The van der Waals surface area contributed by atoms with E-state index in [9.17, 15) is 8.42 Å². The summed E-state index contributed by atoms with van der Waals surface area (Å²) in [7, 11) is -3.47. The Morgan fingerprint density at radius 1 is 1.32 bits per heavy atom. The number of hydrogen-bond donors (Lipinski definition) is 2. The second kappa shape index (κ2) is 6.47. The molecule has 0 spiro atoms. The van der Waals surface area contributed by atoms with Crippen LogP contribution < -0.4 is 4.72 Å². The number of hydrogen-bond acceptors (Lipinski definition) is 5. The highest BCUT2D eigenvalue weighted by molar-refractivity contribution is 9.11. The van der Waals surface area contributed by atoms with Gasteiger partial charge in [-0.3, -0.25) is 0 Å². The fraction of sp³-hybridized carbons (Fsp3) is 0.273. The molecule has 0 atom stereocenters. The highest BCUT2D eigenvalue weighted by Gasteiger charge is 2.15. The predicted molar refractivity (Wildman–Crippen MR) is 81.2 cm³/mol. The Bertz CT molecular complexity index is 648. The number of aliphatic hydroxyl groups excluding tert-OH is 1. The minimum absolute atomic E-state index is 0.136. The molecule has 0 bridgehead atoms. The zero-order valence-corrected chi connectivity index (χ0v) is 13.8. The van der Waals surface area contributed by atoms with Crippen molar-refractivity contribution in [2.45, 2.75) is 17.9 Å². The van der Waals surface area contributed by atoms with Crippen LogP contribution in [0.2, 0.25) is 0 Å². The average molecular weight is 382 g/mol. The molecule has 2 aromatic rings. The summed E-state index contributed by atoms with van der Waals surface area (Å²) < 4.78 is 27.5.